The number of hydrogen-bond donors (Lipinski definition) is 0. The van der Waals surface area contributed by atoms with Crippen molar-refractivity contribution in [3.63, 3.8) is 0 Å². The molecule has 1 rings (SSSR count). The molecule has 1 fully saturated rings. The molecule has 0 aromatic carbocycles. The van der Waals surface area contributed by atoms with E-state index in [9.17, 15) is 4.57 Å². The molecule has 0 bridgehead atoms. The molecule has 0 aromatic heterocycles. The third-order valence-corrected chi connectivity index (χ3v) is 10.9. The molecule has 0 aromatic rings. The van der Waals surface area contributed by atoms with Crippen LogP contribution in [0, 0.1) is 0 Å². The van der Waals surface area contributed by atoms with Gasteiger partial charge in [-0.25, -0.2) is 9.34 Å². The molecule has 0 heterocycles. The highest BCUT2D eigenvalue weighted by Crippen LogP contribution is 2.58. The summed E-state index contributed by atoms with van der Waals surface area (Å²) < 4.78 is 35.0. The van der Waals surface area contributed by atoms with E-state index in [0.29, 0.717) is 24.2 Å². The molecule has 0 unspecified atom stereocenters. The maximum Gasteiger partial charge on any atom is 0.333 e. The zero-order valence-electron chi connectivity index (χ0n) is 19.7. The van der Waals surface area contributed by atoms with E-state index in [1.54, 1.807) is 0 Å². The lowest BCUT2D eigenvalue weighted by Gasteiger charge is -2.47. The van der Waals surface area contributed by atoms with Crippen LogP contribution in [0.5, 0.6) is 0 Å². The molecule has 1 aliphatic rings. The lowest BCUT2D eigenvalue weighted by molar-refractivity contribution is 0.114. The fraction of sp³-hybridized carbons (Fsp3) is 1.00. The minimum absolute atomic E-state index is 0.0221. The second-order valence-corrected chi connectivity index (χ2v) is 13.0. The summed E-state index contributed by atoms with van der Waals surface area (Å²) in [6.45, 7) is 18.0. The van der Waals surface area contributed by atoms with Crippen molar-refractivity contribution in [1.29, 1.82) is 0 Å². The van der Waals surface area contributed by atoms with E-state index in [1.807, 2.05) is 0 Å². The van der Waals surface area contributed by atoms with Crippen LogP contribution in [-0.2, 0) is 18.1 Å². The number of rotatable bonds is 11. The average molecular weight is 439 g/mol. The summed E-state index contributed by atoms with van der Waals surface area (Å²) in [5.74, 6) is 0. The molecule has 0 amide bonds. The van der Waals surface area contributed by atoms with Crippen molar-refractivity contribution in [3.05, 3.63) is 0 Å². The van der Waals surface area contributed by atoms with E-state index in [4.69, 9.17) is 13.6 Å². The second kappa shape index (κ2) is 11.7. The topological polar surface area (TPSA) is 51.2 Å². The number of nitrogens with zero attached hydrogens (tertiary/aromatic N) is 2. The highest BCUT2D eigenvalue weighted by Gasteiger charge is 2.40. The molecular weight excluding hydrogens is 394 g/mol. The molecule has 0 spiro atoms. The molecule has 1 aliphatic carbocycles. The molecular formula is C20H44N2O4P2. The normalized spacial score (nSPS) is 22.0. The van der Waals surface area contributed by atoms with Crippen LogP contribution in [0.4, 0.5) is 0 Å². The Morgan fingerprint density at radius 2 is 1.11 bits per heavy atom. The summed E-state index contributed by atoms with van der Waals surface area (Å²) in [5.41, 5.74) is -0.0221. The second-order valence-electron chi connectivity index (χ2n) is 8.83. The summed E-state index contributed by atoms with van der Waals surface area (Å²) in [6, 6.07) is 1.63. The van der Waals surface area contributed by atoms with Gasteiger partial charge in [0.1, 0.15) is 0 Å². The van der Waals surface area contributed by atoms with Crippen LogP contribution < -0.4 is 0 Å². The molecule has 1 saturated carbocycles. The van der Waals surface area contributed by atoms with E-state index < -0.39 is 16.0 Å². The van der Waals surface area contributed by atoms with Gasteiger partial charge in [-0.2, -0.15) is 0 Å². The van der Waals surface area contributed by atoms with Gasteiger partial charge in [0.2, 0.25) is 0 Å². The van der Waals surface area contributed by atoms with Crippen LogP contribution in [0.25, 0.3) is 0 Å². The Morgan fingerprint density at radius 1 is 0.750 bits per heavy atom. The highest BCUT2D eigenvalue weighted by molar-refractivity contribution is 7.54. The van der Waals surface area contributed by atoms with E-state index in [0.717, 1.165) is 25.7 Å². The molecule has 168 valence electrons. The third-order valence-electron chi connectivity index (χ3n) is 5.35. The van der Waals surface area contributed by atoms with Gasteiger partial charge in [-0.3, -0.25) is 4.57 Å². The Balaban J connectivity index is 2.98. The predicted octanol–water partition coefficient (Wildman–Crippen LogP) is 6.26. The van der Waals surface area contributed by atoms with Crippen molar-refractivity contribution < 1.29 is 18.1 Å². The maximum atomic E-state index is 12.7. The molecule has 0 aliphatic heterocycles. The molecule has 8 heteroatoms. The van der Waals surface area contributed by atoms with Crippen molar-refractivity contribution in [2.45, 2.75) is 117 Å². The molecule has 6 nitrogen and oxygen atoms in total. The van der Waals surface area contributed by atoms with Gasteiger partial charge in [0, 0.05) is 38.4 Å². The lowest BCUT2D eigenvalue weighted by Crippen LogP contribution is -2.44. The first-order chi connectivity index (χ1) is 13.0. The fourth-order valence-corrected chi connectivity index (χ4v) is 8.37. The maximum absolute atomic E-state index is 12.7. The van der Waals surface area contributed by atoms with Gasteiger partial charge >= 0.3 is 7.60 Å². The Kier molecular flexibility index (Phi) is 11.1. The molecule has 0 N–H and O–H groups in total. The van der Waals surface area contributed by atoms with Crippen molar-refractivity contribution >= 4 is 16.0 Å². The van der Waals surface area contributed by atoms with E-state index >= 15 is 0 Å². The summed E-state index contributed by atoms with van der Waals surface area (Å²) in [5, 5.41) is 0. The van der Waals surface area contributed by atoms with E-state index in [-0.39, 0.29) is 11.8 Å². The first-order valence-corrected chi connectivity index (χ1v) is 13.5. The van der Waals surface area contributed by atoms with Crippen LogP contribution in [0.1, 0.15) is 81.1 Å². The van der Waals surface area contributed by atoms with Crippen molar-refractivity contribution in [3.8, 4) is 0 Å². The van der Waals surface area contributed by atoms with Crippen LogP contribution in [0.15, 0.2) is 0 Å². The minimum Gasteiger partial charge on any atom is -0.328 e. The van der Waals surface area contributed by atoms with Gasteiger partial charge in [-0.15, -0.1) is 0 Å². The van der Waals surface area contributed by atoms with Crippen molar-refractivity contribution in [2.75, 3.05) is 14.2 Å². The monoisotopic (exact) mass is 438 g/mol. The van der Waals surface area contributed by atoms with Gasteiger partial charge in [-0.05, 0) is 81.1 Å². The van der Waals surface area contributed by atoms with Crippen molar-refractivity contribution in [1.82, 2.24) is 9.34 Å². The van der Waals surface area contributed by atoms with Crippen LogP contribution in [-0.4, -0.2) is 59.5 Å². The predicted molar refractivity (Wildman–Crippen MR) is 120 cm³/mol. The Morgan fingerprint density at radius 3 is 1.39 bits per heavy atom. The largest absolute Gasteiger partial charge is 0.333 e. The molecule has 0 radical (unpaired) electrons. The summed E-state index contributed by atoms with van der Waals surface area (Å²) >= 11 is 0. The Labute approximate surface area is 175 Å². The summed E-state index contributed by atoms with van der Waals surface area (Å²) in [6.07, 6.45) is 3.62. The summed E-state index contributed by atoms with van der Waals surface area (Å²) in [7, 11) is -0.903. The third kappa shape index (κ3) is 6.74. The van der Waals surface area contributed by atoms with E-state index in [1.165, 1.54) is 14.2 Å². The average Bonchev–Trinajstić information content (AvgIpc) is 2.60. The van der Waals surface area contributed by atoms with Gasteiger partial charge in [0.25, 0.3) is 0 Å². The lowest BCUT2D eigenvalue weighted by atomic mass is 9.97. The molecule has 0 saturated heterocycles. The standard InChI is InChI=1S/C20H44N2O4P2/c1-15(2)21(16(3)4)27(22(17(5)6)18(7)8)26-19-11-13-20(14-12-19)28(23,24-9)25-10/h15-20H,11-14H2,1-10H3. The Bertz CT molecular complexity index is 451. The quantitative estimate of drug-likeness (QED) is 0.355. The summed E-state index contributed by atoms with van der Waals surface area (Å²) in [4.78, 5) is 0. The molecule has 28 heavy (non-hydrogen) atoms. The minimum atomic E-state index is -2.99. The molecule has 0 atom stereocenters. The Hall–Kier alpha value is 0.460. The zero-order chi connectivity index (χ0) is 21.6. The number of hydrogen-bond acceptors (Lipinski definition) is 6. The highest BCUT2D eigenvalue weighted by atomic mass is 31.2. The van der Waals surface area contributed by atoms with Gasteiger partial charge in [0.05, 0.1) is 11.8 Å². The van der Waals surface area contributed by atoms with Crippen LogP contribution in [0.3, 0.4) is 0 Å². The van der Waals surface area contributed by atoms with Gasteiger partial charge < -0.3 is 13.6 Å². The first-order valence-electron chi connectivity index (χ1n) is 10.7. The van der Waals surface area contributed by atoms with Crippen LogP contribution >= 0.6 is 16.0 Å². The van der Waals surface area contributed by atoms with Gasteiger partial charge in [-0.1, -0.05) is 0 Å². The van der Waals surface area contributed by atoms with E-state index in [2.05, 4.69) is 64.7 Å². The zero-order valence-corrected chi connectivity index (χ0v) is 21.5. The smallest absolute Gasteiger partial charge is 0.328 e. The fourth-order valence-electron chi connectivity index (χ4n) is 4.18. The SMILES string of the molecule is COP(=O)(OC)C1CCC(OP(N(C(C)C)C(C)C)N(C(C)C)C(C)C)CC1. The first kappa shape index (κ1) is 26.5. The van der Waals surface area contributed by atoms with Crippen molar-refractivity contribution in [2.24, 2.45) is 0 Å². The van der Waals surface area contributed by atoms with Crippen LogP contribution in [0.2, 0.25) is 0 Å². The van der Waals surface area contributed by atoms with Gasteiger partial charge in [0.15, 0.2) is 8.45 Å².